The second kappa shape index (κ2) is 7.27. The number of nitriles is 1. The molecule has 0 saturated carbocycles. The van der Waals surface area contributed by atoms with Crippen molar-refractivity contribution < 1.29 is 14.6 Å². The zero-order chi connectivity index (χ0) is 18.7. The average Bonchev–Trinajstić information content (AvgIpc) is 2.99. The van der Waals surface area contributed by atoms with E-state index >= 15 is 0 Å². The minimum Gasteiger partial charge on any atom is -0.489 e. The normalized spacial score (nSPS) is 11.9. The summed E-state index contributed by atoms with van der Waals surface area (Å²) in [6.07, 6.45) is 0. The van der Waals surface area contributed by atoms with Crippen molar-refractivity contribution in [2.45, 2.75) is 12.6 Å². The maximum Gasteiger partial charge on any atom is 0.181 e. The lowest BCUT2D eigenvalue weighted by Gasteiger charge is -2.10. The van der Waals surface area contributed by atoms with E-state index in [2.05, 4.69) is 11.1 Å². The molecule has 7 heteroatoms. The Bertz CT molecular complexity index is 1000. The first-order valence-corrected chi connectivity index (χ1v) is 7.97. The molecule has 0 fully saturated rings. The Morgan fingerprint density at radius 2 is 2.12 bits per heavy atom. The Balaban J connectivity index is 1.78. The Morgan fingerprint density at radius 1 is 1.31 bits per heavy atom. The SMILES string of the molecule is N#Cc1c(N)[nH]c2ccc(OCc3cccc(C(=O)C(N)CO)c3)cc12. The van der Waals surface area contributed by atoms with Crippen LogP contribution >= 0.6 is 0 Å². The van der Waals surface area contributed by atoms with Gasteiger partial charge in [-0.3, -0.25) is 4.79 Å². The number of aromatic nitrogens is 1. The second-order valence-corrected chi connectivity index (χ2v) is 5.88. The fourth-order valence-electron chi connectivity index (χ4n) is 2.68. The highest BCUT2D eigenvalue weighted by atomic mass is 16.5. The van der Waals surface area contributed by atoms with E-state index in [4.69, 9.17) is 21.3 Å². The predicted molar refractivity (Wildman–Crippen MR) is 97.6 cm³/mol. The molecule has 3 aromatic rings. The molecule has 7 nitrogen and oxygen atoms in total. The van der Waals surface area contributed by atoms with Crippen molar-refractivity contribution in [1.29, 1.82) is 5.26 Å². The Labute approximate surface area is 149 Å². The number of nitrogens with two attached hydrogens (primary N) is 2. The van der Waals surface area contributed by atoms with Gasteiger partial charge in [0.15, 0.2) is 5.78 Å². The van der Waals surface area contributed by atoms with Crippen molar-refractivity contribution in [3.8, 4) is 11.8 Å². The number of fused-ring (bicyclic) bond motifs is 1. The molecule has 0 saturated heterocycles. The van der Waals surface area contributed by atoms with Crippen LogP contribution in [0, 0.1) is 11.3 Å². The van der Waals surface area contributed by atoms with Crippen LogP contribution in [0.3, 0.4) is 0 Å². The molecule has 0 spiro atoms. The monoisotopic (exact) mass is 350 g/mol. The molecule has 6 N–H and O–H groups in total. The van der Waals surface area contributed by atoms with Crippen LogP contribution in [0.4, 0.5) is 5.82 Å². The van der Waals surface area contributed by atoms with Gasteiger partial charge in [-0.1, -0.05) is 18.2 Å². The Morgan fingerprint density at radius 3 is 2.85 bits per heavy atom. The molecule has 1 aromatic heterocycles. The number of Topliss-reactive ketones (excluding diaryl/α,β-unsaturated/α-hetero) is 1. The number of nitrogens with one attached hydrogen (secondary N) is 1. The number of hydrogen-bond donors (Lipinski definition) is 4. The zero-order valence-electron chi connectivity index (χ0n) is 13.9. The van der Waals surface area contributed by atoms with Crippen LogP contribution in [0.1, 0.15) is 21.5 Å². The number of nitrogen functional groups attached to an aromatic ring is 1. The highest BCUT2D eigenvalue weighted by Crippen LogP contribution is 2.27. The van der Waals surface area contributed by atoms with Gasteiger partial charge in [0.25, 0.3) is 0 Å². The lowest BCUT2D eigenvalue weighted by atomic mass is 10.0. The molecule has 0 radical (unpaired) electrons. The van der Waals surface area contributed by atoms with Crippen LogP contribution in [0.2, 0.25) is 0 Å². The number of aliphatic hydroxyl groups excluding tert-OH is 1. The number of ketones is 1. The van der Waals surface area contributed by atoms with Gasteiger partial charge in [0.2, 0.25) is 0 Å². The molecule has 3 rings (SSSR count). The topological polar surface area (TPSA) is 138 Å². The fraction of sp³-hybridized carbons (Fsp3) is 0.158. The first kappa shape index (κ1) is 17.5. The number of H-pyrrole nitrogens is 1. The van der Waals surface area contributed by atoms with Crippen LogP contribution in [-0.2, 0) is 6.61 Å². The van der Waals surface area contributed by atoms with Crippen LogP contribution in [-0.4, -0.2) is 28.5 Å². The van der Waals surface area contributed by atoms with Crippen LogP contribution in [0.15, 0.2) is 42.5 Å². The lowest BCUT2D eigenvalue weighted by Crippen LogP contribution is -2.34. The van der Waals surface area contributed by atoms with Crippen molar-refractivity contribution in [2.75, 3.05) is 12.3 Å². The van der Waals surface area contributed by atoms with Gasteiger partial charge < -0.3 is 26.3 Å². The van der Waals surface area contributed by atoms with Gasteiger partial charge in [0.1, 0.15) is 29.8 Å². The van der Waals surface area contributed by atoms with E-state index in [1.54, 1.807) is 36.4 Å². The summed E-state index contributed by atoms with van der Waals surface area (Å²) in [4.78, 5) is 15.0. The molecule has 1 atom stereocenters. The van der Waals surface area contributed by atoms with Crippen molar-refractivity contribution in [1.82, 2.24) is 4.98 Å². The van der Waals surface area contributed by atoms with Crippen LogP contribution in [0.5, 0.6) is 5.75 Å². The molecule has 0 bridgehead atoms. The molecular formula is C19H18N4O3. The van der Waals surface area contributed by atoms with E-state index in [1.807, 2.05) is 6.07 Å². The fourth-order valence-corrected chi connectivity index (χ4v) is 2.68. The van der Waals surface area contributed by atoms with E-state index < -0.39 is 12.6 Å². The van der Waals surface area contributed by atoms with Gasteiger partial charge in [0, 0.05) is 16.5 Å². The Kier molecular flexibility index (Phi) is 4.89. The van der Waals surface area contributed by atoms with Crippen LogP contribution in [0.25, 0.3) is 10.9 Å². The summed E-state index contributed by atoms with van der Waals surface area (Å²) in [6.45, 7) is -0.163. The molecule has 0 aliphatic rings. The van der Waals surface area contributed by atoms with E-state index in [0.717, 1.165) is 11.1 Å². The van der Waals surface area contributed by atoms with Crippen molar-refractivity contribution in [3.63, 3.8) is 0 Å². The number of aliphatic hydroxyl groups is 1. The molecule has 26 heavy (non-hydrogen) atoms. The minimum atomic E-state index is -0.933. The minimum absolute atomic E-state index is 0.239. The molecule has 0 aliphatic heterocycles. The summed E-state index contributed by atoms with van der Waals surface area (Å²) in [5, 5.41) is 18.9. The average molecular weight is 350 g/mol. The van der Waals surface area contributed by atoms with E-state index in [-0.39, 0.29) is 12.4 Å². The zero-order valence-corrected chi connectivity index (χ0v) is 13.9. The maximum atomic E-state index is 12.0. The summed E-state index contributed by atoms with van der Waals surface area (Å²) < 4.78 is 5.77. The van der Waals surface area contributed by atoms with E-state index in [0.29, 0.717) is 28.1 Å². The number of benzene rings is 2. The van der Waals surface area contributed by atoms with Crippen molar-refractivity contribution in [2.24, 2.45) is 5.73 Å². The van der Waals surface area contributed by atoms with E-state index in [1.165, 1.54) is 0 Å². The third-order valence-electron chi connectivity index (χ3n) is 4.06. The van der Waals surface area contributed by atoms with Gasteiger partial charge in [0.05, 0.1) is 12.6 Å². The quantitative estimate of drug-likeness (QED) is 0.499. The molecule has 1 unspecified atom stereocenters. The number of carbonyl (C=O) groups is 1. The van der Waals surface area contributed by atoms with Crippen LogP contribution < -0.4 is 16.2 Å². The van der Waals surface area contributed by atoms with Gasteiger partial charge in [-0.2, -0.15) is 5.26 Å². The number of hydrogen-bond acceptors (Lipinski definition) is 6. The second-order valence-electron chi connectivity index (χ2n) is 5.88. The van der Waals surface area contributed by atoms with Gasteiger partial charge in [-0.05, 0) is 29.8 Å². The van der Waals surface area contributed by atoms with Gasteiger partial charge in [-0.15, -0.1) is 0 Å². The largest absolute Gasteiger partial charge is 0.489 e. The highest BCUT2D eigenvalue weighted by molar-refractivity contribution is 6.00. The van der Waals surface area contributed by atoms with E-state index in [9.17, 15) is 10.1 Å². The molecule has 2 aromatic carbocycles. The summed E-state index contributed by atoms with van der Waals surface area (Å²) in [5.41, 5.74) is 13.7. The third-order valence-corrected chi connectivity index (χ3v) is 4.06. The molecule has 0 amide bonds. The van der Waals surface area contributed by atoms with Gasteiger partial charge in [-0.25, -0.2) is 0 Å². The standard InChI is InChI=1S/C19H18N4O3/c20-8-15-14-7-13(4-5-17(14)23-19(15)22)26-10-11-2-1-3-12(6-11)18(25)16(21)9-24/h1-7,16,23-24H,9-10,21-22H2. The number of carbonyl (C=O) groups excluding carboxylic acids is 1. The van der Waals surface area contributed by atoms with Crippen molar-refractivity contribution in [3.05, 3.63) is 59.2 Å². The number of ether oxygens (including phenoxy) is 1. The molecule has 132 valence electrons. The lowest BCUT2D eigenvalue weighted by molar-refractivity contribution is 0.0925. The highest BCUT2D eigenvalue weighted by Gasteiger charge is 2.15. The number of anilines is 1. The van der Waals surface area contributed by atoms with Crippen molar-refractivity contribution >= 4 is 22.5 Å². The summed E-state index contributed by atoms with van der Waals surface area (Å²) >= 11 is 0. The molecular weight excluding hydrogens is 332 g/mol. The predicted octanol–water partition coefficient (Wildman–Crippen LogP) is 1.70. The number of rotatable bonds is 6. The first-order chi connectivity index (χ1) is 12.5. The number of aromatic amines is 1. The number of nitrogens with zero attached hydrogens (tertiary/aromatic N) is 1. The summed E-state index contributed by atoms with van der Waals surface area (Å²) in [5.74, 6) is 0.583. The summed E-state index contributed by atoms with van der Waals surface area (Å²) in [6, 6.07) is 13.4. The van der Waals surface area contributed by atoms with Gasteiger partial charge >= 0.3 is 0 Å². The Hall–Kier alpha value is -3.34. The molecule has 0 aliphatic carbocycles. The molecule has 1 heterocycles. The third kappa shape index (κ3) is 3.37. The first-order valence-electron chi connectivity index (χ1n) is 7.97. The summed E-state index contributed by atoms with van der Waals surface area (Å²) in [7, 11) is 0. The smallest absolute Gasteiger partial charge is 0.181 e. The maximum absolute atomic E-state index is 12.0.